The number of rotatable bonds is 12. The van der Waals surface area contributed by atoms with Crippen molar-refractivity contribution < 1.29 is 28.5 Å². The summed E-state index contributed by atoms with van der Waals surface area (Å²) in [7, 11) is 4.73. The lowest BCUT2D eigenvalue weighted by Gasteiger charge is -2.36. The number of nitrogens with zero attached hydrogens (tertiary/aromatic N) is 4. The topological polar surface area (TPSA) is 127 Å². The number of aromatic nitrogens is 2. The van der Waals surface area contributed by atoms with E-state index in [1.165, 1.54) is 6.92 Å². The first kappa shape index (κ1) is 30.1. The summed E-state index contributed by atoms with van der Waals surface area (Å²) in [5.74, 6) is 2.18. The third kappa shape index (κ3) is 6.98. The normalized spacial score (nSPS) is 12.4. The molecule has 12 nitrogen and oxygen atoms in total. The summed E-state index contributed by atoms with van der Waals surface area (Å²) < 4.78 is 21.7. The first-order valence-electron chi connectivity index (χ1n) is 13.9. The molecule has 12 heteroatoms. The fraction of sp³-hybridized carbons (Fsp3) is 0.250. The molecule has 1 aliphatic rings. The summed E-state index contributed by atoms with van der Waals surface area (Å²) in [6, 6.07) is 20.0. The molecular formula is C32H34N6O6. The molecule has 3 amide bonds. The molecule has 1 aromatic heterocycles. The highest BCUT2D eigenvalue weighted by atomic mass is 16.5. The molecule has 0 unspecified atom stereocenters. The number of anilines is 5. The molecule has 2 heterocycles. The summed E-state index contributed by atoms with van der Waals surface area (Å²) in [6.45, 7) is 2.74. The van der Waals surface area contributed by atoms with Gasteiger partial charge in [0.05, 0.1) is 51.0 Å². The minimum Gasteiger partial charge on any atom is -0.497 e. The van der Waals surface area contributed by atoms with Gasteiger partial charge < -0.3 is 29.6 Å². The molecule has 3 aromatic carbocycles. The first-order valence-corrected chi connectivity index (χ1v) is 13.9. The summed E-state index contributed by atoms with van der Waals surface area (Å²) in [6.07, 6.45) is 1.69. The molecule has 2 N–H and O–H groups in total. The van der Waals surface area contributed by atoms with E-state index in [9.17, 15) is 9.59 Å². The van der Waals surface area contributed by atoms with Crippen LogP contribution < -0.4 is 34.6 Å². The molecule has 0 fully saturated rings. The molecule has 5 rings (SSSR count). The minimum absolute atomic E-state index is 0.237. The number of benzene rings is 3. The van der Waals surface area contributed by atoms with Gasteiger partial charge in [0.2, 0.25) is 11.9 Å². The van der Waals surface area contributed by atoms with Gasteiger partial charge in [-0.3, -0.25) is 14.6 Å². The summed E-state index contributed by atoms with van der Waals surface area (Å²) in [4.78, 5) is 38.7. The summed E-state index contributed by atoms with van der Waals surface area (Å²) >= 11 is 0. The second-order valence-corrected chi connectivity index (χ2v) is 9.91. The monoisotopic (exact) mass is 598 g/mol. The highest BCUT2D eigenvalue weighted by Gasteiger charge is 2.34. The number of carbonyl (C=O) groups excluding carboxylic acids is 2. The smallest absolute Gasteiger partial charge is 0.330 e. The van der Waals surface area contributed by atoms with Crippen LogP contribution in [0, 0.1) is 0 Å². The number of amides is 3. The van der Waals surface area contributed by atoms with Gasteiger partial charge in [-0.1, -0.05) is 30.3 Å². The van der Waals surface area contributed by atoms with Crippen molar-refractivity contribution in [3.8, 4) is 17.2 Å². The molecule has 44 heavy (non-hydrogen) atoms. The van der Waals surface area contributed by atoms with Crippen LogP contribution in [0.15, 0.2) is 72.9 Å². The van der Waals surface area contributed by atoms with E-state index in [1.807, 2.05) is 30.3 Å². The Kier molecular flexibility index (Phi) is 9.40. The molecule has 1 aliphatic heterocycles. The van der Waals surface area contributed by atoms with Gasteiger partial charge in [0.15, 0.2) is 0 Å². The van der Waals surface area contributed by atoms with Crippen molar-refractivity contribution in [2.75, 3.05) is 55.0 Å². The number of hydrogen-bond acceptors (Lipinski definition) is 9. The Morgan fingerprint density at radius 3 is 2.34 bits per heavy atom. The van der Waals surface area contributed by atoms with Crippen LogP contribution in [0.1, 0.15) is 18.1 Å². The van der Waals surface area contributed by atoms with Crippen molar-refractivity contribution in [2.24, 2.45) is 0 Å². The van der Waals surface area contributed by atoms with Gasteiger partial charge in [0.1, 0.15) is 29.7 Å². The molecular weight excluding hydrogens is 564 g/mol. The average molecular weight is 599 g/mol. The van der Waals surface area contributed by atoms with E-state index in [0.29, 0.717) is 53.3 Å². The van der Waals surface area contributed by atoms with Crippen LogP contribution in [0.3, 0.4) is 0 Å². The van der Waals surface area contributed by atoms with Crippen LogP contribution >= 0.6 is 0 Å². The zero-order chi connectivity index (χ0) is 31.1. The summed E-state index contributed by atoms with van der Waals surface area (Å²) in [5, 5.41) is 6.01. The van der Waals surface area contributed by atoms with Crippen molar-refractivity contribution in [3.63, 3.8) is 0 Å². The van der Waals surface area contributed by atoms with E-state index >= 15 is 0 Å². The SMILES string of the molecule is COCCOc1ccc(Nc2ncc3c(n2)N(Cc2ccccc2)C(=O)N(c2cc(OC)cc(OC)c2)C3)c(NC(C)=O)c1. The first-order chi connectivity index (χ1) is 21.4. The molecule has 0 bridgehead atoms. The van der Waals surface area contributed by atoms with Gasteiger partial charge >= 0.3 is 6.03 Å². The van der Waals surface area contributed by atoms with Gasteiger partial charge in [-0.15, -0.1) is 0 Å². The van der Waals surface area contributed by atoms with E-state index in [4.69, 9.17) is 23.9 Å². The lowest BCUT2D eigenvalue weighted by atomic mass is 10.1. The van der Waals surface area contributed by atoms with E-state index in [-0.39, 0.29) is 31.0 Å². The van der Waals surface area contributed by atoms with Crippen LogP contribution in [0.4, 0.5) is 33.6 Å². The summed E-state index contributed by atoms with van der Waals surface area (Å²) in [5.41, 5.74) is 3.34. The lowest BCUT2D eigenvalue weighted by molar-refractivity contribution is -0.114. The fourth-order valence-corrected chi connectivity index (χ4v) is 4.71. The van der Waals surface area contributed by atoms with E-state index in [2.05, 4.69) is 15.6 Å². The minimum atomic E-state index is -0.266. The Bertz CT molecular complexity index is 1610. The maximum Gasteiger partial charge on any atom is 0.330 e. The number of hydrogen-bond donors (Lipinski definition) is 2. The van der Waals surface area contributed by atoms with Crippen LogP contribution in [0.5, 0.6) is 17.2 Å². The van der Waals surface area contributed by atoms with Gasteiger partial charge in [-0.25, -0.2) is 9.78 Å². The van der Waals surface area contributed by atoms with Crippen molar-refractivity contribution in [2.45, 2.75) is 20.0 Å². The number of fused-ring (bicyclic) bond motifs is 1. The Labute approximate surface area is 255 Å². The van der Waals surface area contributed by atoms with Crippen molar-refractivity contribution in [3.05, 3.63) is 84.1 Å². The third-order valence-electron chi connectivity index (χ3n) is 6.82. The van der Waals surface area contributed by atoms with Crippen LogP contribution in [-0.4, -0.2) is 56.4 Å². The number of nitrogens with one attached hydrogen (secondary N) is 2. The highest BCUT2D eigenvalue weighted by Crippen LogP contribution is 2.36. The van der Waals surface area contributed by atoms with Gasteiger partial charge in [0, 0.05) is 50.1 Å². The van der Waals surface area contributed by atoms with E-state index < -0.39 is 0 Å². The maximum atomic E-state index is 14.1. The molecule has 0 radical (unpaired) electrons. The number of methoxy groups -OCH3 is 3. The molecule has 0 aliphatic carbocycles. The zero-order valence-electron chi connectivity index (χ0n) is 25.0. The Hall–Kier alpha value is -5.36. The molecule has 0 atom stereocenters. The van der Waals surface area contributed by atoms with Gasteiger partial charge in [-0.05, 0) is 17.7 Å². The Morgan fingerprint density at radius 2 is 1.66 bits per heavy atom. The largest absolute Gasteiger partial charge is 0.497 e. The van der Waals surface area contributed by atoms with Crippen LogP contribution in [-0.2, 0) is 22.6 Å². The molecule has 228 valence electrons. The number of carbonyl (C=O) groups is 2. The van der Waals surface area contributed by atoms with Crippen LogP contribution in [0.2, 0.25) is 0 Å². The zero-order valence-corrected chi connectivity index (χ0v) is 25.0. The van der Waals surface area contributed by atoms with Crippen molar-refractivity contribution in [1.29, 1.82) is 0 Å². The lowest BCUT2D eigenvalue weighted by Crippen LogP contribution is -2.47. The van der Waals surface area contributed by atoms with E-state index in [0.717, 1.165) is 11.1 Å². The second-order valence-electron chi connectivity index (χ2n) is 9.91. The van der Waals surface area contributed by atoms with Crippen LogP contribution in [0.25, 0.3) is 0 Å². The molecule has 0 saturated carbocycles. The number of urea groups is 1. The van der Waals surface area contributed by atoms with Crippen molar-refractivity contribution >= 4 is 40.8 Å². The fourth-order valence-electron chi connectivity index (χ4n) is 4.71. The van der Waals surface area contributed by atoms with Crippen molar-refractivity contribution in [1.82, 2.24) is 9.97 Å². The number of ether oxygens (including phenoxy) is 4. The molecule has 0 saturated heterocycles. The highest BCUT2D eigenvalue weighted by molar-refractivity contribution is 6.05. The second kappa shape index (κ2) is 13.7. The predicted molar refractivity (Wildman–Crippen MR) is 167 cm³/mol. The van der Waals surface area contributed by atoms with Gasteiger partial charge in [-0.2, -0.15) is 4.98 Å². The quantitative estimate of drug-likeness (QED) is 0.207. The average Bonchev–Trinajstić information content (AvgIpc) is 3.03. The Morgan fingerprint density at radius 1 is 0.909 bits per heavy atom. The van der Waals surface area contributed by atoms with Gasteiger partial charge in [0.25, 0.3) is 0 Å². The maximum absolute atomic E-state index is 14.1. The molecule has 0 spiro atoms. The molecule has 4 aromatic rings. The predicted octanol–water partition coefficient (Wildman–Crippen LogP) is 5.37. The van der Waals surface area contributed by atoms with E-state index in [1.54, 1.807) is 73.7 Å². The standard InChI is InChI=1S/C32H34N6O6/c1-21(39)34-29-17-25(44-13-12-41-2)10-11-28(29)35-31-33-18-23-20-37(24-14-26(42-3)16-27(15-24)43-4)32(40)38(30(23)36-31)19-22-8-6-5-7-9-22/h5-11,14-18H,12-13,19-20H2,1-4H3,(H,34,39)(H,33,35,36). The Balaban J connectivity index is 1.50. The third-order valence-corrected chi connectivity index (χ3v) is 6.82.